The van der Waals surface area contributed by atoms with Crippen molar-refractivity contribution in [3.63, 3.8) is 0 Å². The van der Waals surface area contributed by atoms with E-state index in [9.17, 15) is 9.18 Å². The number of amides is 1. The molecule has 0 radical (unpaired) electrons. The largest absolute Gasteiger partial charge is 0.496 e. The molecule has 2 aromatic carbocycles. The lowest BCUT2D eigenvalue weighted by Gasteiger charge is -2.11. The highest BCUT2D eigenvalue weighted by Gasteiger charge is 2.12. The molecule has 0 fully saturated rings. The van der Waals surface area contributed by atoms with Crippen molar-refractivity contribution in [1.29, 1.82) is 0 Å². The van der Waals surface area contributed by atoms with E-state index >= 15 is 0 Å². The van der Waals surface area contributed by atoms with Gasteiger partial charge in [-0.05, 0) is 55.3 Å². The number of nitrogens with one attached hydrogen (secondary N) is 1. The standard InChI is InChI=1S/C18H20FNO3/c1-12-8-13(2)10-15(9-12)23-7-6-20-18(21)16-11-14(19)4-5-17(16)22-3/h4-5,8-11H,6-7H2,1-3H3,(H,20,21). The Bertz CT molecular complexity index is 680. The van der Waals surface area contributed by atoms with E-state index in [1.807, 2.05) is 26.0 Å². The van der Waals surface area contributed by atoms with Gasteiger partial charge in [0.2, 0.25) is 0 Å². The van der Waals surface area contributed by atoms with Crippen molar-refractivity contribution < 1.29 is 18.7 Å². The molecule has 5 heteroatoms. The number of hydrogen-bond donors (Lipinski definition) is 1. The summed E-state index contributed by atoms with van der Waals surface area (Å²) < 4.78 is 23.9. The maximum atomic E-state index is 13.3. The lowest BCUT2D eigenvalue weighted by molar-refractivity contribution is 0.0943. The molecule has 0 bridgehead atoms. The van der Waals surface area contributed by atoms with E-state index < -0.39 is 11.7 Å². The summed E-state index contributed by atoms with van der Waals surface area (Å²) in [5, 5.41) is 2.69. The van der Waals surface area contributed by atoms with E-state index in [1.165, 1.54) is 19.2 Å². The van der Waals surface area contributed by atoms with Gasteiger partial charge >= 0.3 is 0 Å². The average molecular weight is 317 g/mol. The molecule has 0 atom stereocenters. The van der Waals surface area contributed by atoms with Gasteiger partial charge < -0.3 is 14.8 Å². The molecule has 1 amide bonds. The minimum atomic E-state index is -0.484. The first-order valence-electron chi connectivity index (χ1n) is 7.32. The Labute approximate surface area is 135 Å². The molecule has 2 aromatic rings. The van der Waals surface area contributed by atoms with Crippen molar-refractivity contribution in [2.45, 2.75) is 13.8 Å². The van der Waals surface area contributed by atoms with Crippen LogP contribution in [0.4, 0.5) is 4.39 Å². The van der Waals surface area contributed by atoms with Crippen LogP contribution in [0.1, 0.15) is 21.5 Å². The van der Waals surface area contributed by atoms with Crippen molar-refractivity contribution >= 4 is 5.91 Å². The Balaban J connectivity index is 1.89. The Kier molecular flexibility index (Phi) is 5.57. The van der Waals surface area contributed by atoms with Crippen molar-refractivity contribution in [2.75, 3.05) is 20.3 Å². The maximum absolute atomic E-state index is 13.3. The lowest BCUT2D eigenvalue weighted by Crippen LogP contribution is -2.28. The van der Waals surface area contributed by atoms with Crippen LogP contribution in [0.25, 0.3) is 0 Å². The van der Waals surface area contributed by atoms with Crippen LogP contribution in [0, 0.1) is 19.7 Å². The van der Waals surface area contributed by atoms with Gasteiger partial charge in [-0.2, -0.15) is 0 Å². The van der Waals surface area contributed by atoms with E-state index in [-0.39, 0.29) is 5.56 Å². The van der Waals surface area contributed by atoms with Crippen LogP contribution in [-0.4, -0.2) is 26.2 Å². The van der Waals surface area contributed by atoms with Crippen LogP contribution < -0.4 is 14.8 Å². The zero-order valence-electron chi connectivity index (χ0n) is 13.5. The van der Waals surface area contributed by atoms with Gasteiger partial charge in [0, 0.05) is 0 Å². The molecule has 0 saturated carbocycles. The fourth-order valence-corrected chi connectivity index (χ4v) is 2.30. The highest BCUT2D eigenvalue weighted by atomic mass is 19.1. The van der Waals surface area contributed by atoms with Crippen molar-refractivity contribution in [3.05, 3.63) is 58.9 Å². The van der Waals surface area contributed by atoms with Crippen LogP contribution in [0.2, 0.25) is 0 Å². The quantitative estimate of drug-likeness (QED) is 0.832. The number of methoxy groups -OCH3 is 1. The second-order valence-electron chi connectivity index (χ2n) is 5.27. The van der Waals surface area contributed by atoms with Gasteiger partial charge in [-0.1, -0.05) is 6.07 Å². The van der Waals surface area contributed by atoms with Crippen molar-refractivity contribution in [2.24, 2.45) is 0 Å². The summed E-state index contributed by atoms with van der Waals surface area (Å²) in [6.07, 6.45) is 0. The van der Waals surface area contributed by atoms with Gasteiger partial charge in [0.25, 0.3) is 5.91 Å². The minimum Gasteiger partial charge on any atom is -0.496 e. The van der Waals surface area contributed by atoms with E-state index in [0.29, 0.717) is 18.9 Å². The number of halogens is 1. The number of rotatable bonds is 6. The number of hydrogen-bond acceptors (Lipinski definition) is 3. The summed E-state index contributed by atoms with van der Waals surface area (Å²) in [6.45, 7) is 4.63. The topological polar surface area (TPSA) is 47.6 Å². The van der Waals surface area contributed by atoms with Crippen LogP contribution >= 0.6 is 0 Å². The third kappa shape index (κ3) is 4.71. The summed E-state index contributed by atoms with van der Waals surface area (Å²) in [7, 11) is 1.44. The predicted molar refractivity (Wildman–Crippen MR) is 86.7 cm³/mol. The monoisotopic (exact) mass is 317 g/mol. The van der Waals surface area contributed by atoms with E-state index in [4.69, 9.17) is 9.47 Å². The normalized spacial score (nSPS) is 10.3. The Morgan fingerprint density at radius 2 is 1.83 bits per heavy atom. The number of aryl methyl sites for hydroxylation is 2. The van der Waals surface area contributed by atoms with E-state index in [1.54, 1.807) is 0 Å². The first-order valence-corrected chi connectivity index (χ1v) is 7.32. The summed E-state index contributed by atoms with van der Waals surface area (Å²) in [5.74, 6) is 0.215. The van der Waals surface area contributed by atoms with Crippen LogP contribution in [0.3, 0.4) is 0 Å². The van der Waals surface area contributed by atoms with Crippen LogP contribution in [0.5, 0.6) is 11.5 Å². The smallest absolute Gasteiger partial charge is 0.255 e. The molecule has 0 aliphatic heterocycles. The molecule has 2 rings (SSSR count). The number of carbonyl (C=O) groups is 1. The second kappa shape index (κ2) is 7.63. The fourth-order valence-electron chi connectivity index (χ4n) is 2.30. The fraction of sp³-hybridized carbons (Fsp3) is 0.278. The van der Waals surface area contributed by atoms with E-state index in [2.05, 4.69) is 11.4 Å². The molecule has 4 nitrogen and oxygen atoms in total. The van der Waals surface area contributed by atoms with Gasteiger partial charge in [0.05, 0.1) is 19.2 Å². The summed E-state index contributed by atoms with van der Waals surface area (Å²) in [4.78, 5) is 12.1. The molecule has 23 heavy (non-hydrogen) atoms. The Morgan fingerprint density at radius 1 is 1.13 bits per heavy atom. The molecule has 0 aliphatic carbocycles. The highest BCUT2D eigenvalue weighted by molar-refractivity contribution is 5.96. The lowest BCUT2D eigenvalue weighted by atomic mass is 10.1. The summed E-state index contributed by atoms with van der Waals surface area (Å²) >= 11 is 0. The number of benzene rings is 2. The molecule has 0 saturated heterocycles. The molecule has 122 valence electrons. The summed E-state index contributed by atoms with van der Waals surface area (Å²) in [6, 6.07) is 9.76. The van der Waals surface area contributed by atoms with Gasteiger partial charge in [-0.15, -0.1) is 0 Å². The first kappa shape index (κ1) is 16.8. The maximum Gasteiger partial charge on any atom is 0.255 e. The van der Waals surface area contributed by atoms with Crippen molar-refractivity contribution in [3.8, 4) is 11.5 Å². The number of ether oxygens (including phenoxy) is 2. The predicted octanol–water partition coefficient (Wildman–Crippen LogP) is 3.26. The molecule has 0 aromatic heterocycles. The summed E-state index contributed by atoms with van der Waals surface area (Å²) in [5.41, 5.74) is 2.40. The van der Waals surface area contributed by atoms with Crippen LogP contribution in [0.15, 0.2) is 36.4 Å². The molecule has 1 N–H and O–H groups in total. The van der Waals surface area contributed by atoms with Crippen molar-refractivity contribution in [1.82, 2.24) is 5.32 Å². The minimum absolute atomic E-state index is 0.166. The molecule has 0 heterocycles. The SMILES string of the molecule is COc1ccc(F)cc1C(=O)NCCOc1cc(C)cc(C)c1. The Hall–Kier alpha value is -2.56. The first-order chi connectivity index (χ1) is 11.0. The zero-order chi connectivity index (χ0) is 16.8. The molecule has 0 spiro atoms. The molecular formula is C18H20FNO3. The second-order valence-corrected chi connectivity index (χ2v) is 5.27. The van der Waals surface area contributed by atoms with Gasteiger partial charge in [0.1, 0.15) is 23.9 Å². The van der Waals surface area contributed by atoms with E-state index in [0.717, 1.165) is 22.9 Å². The number of carbonyl (C=O) groups excluding carboxylic acids is 1. The highest BCUT2D eigenvalue weighted by Crippen LogP contribution is 2.19. The third-order valence-corrected chi connectivity index (χ3v) is 3.26. The van der Waals surface area contributed by atoms with Gasteiger partial charge in [-0.25, -0.2) is 4.39 Å². The molecule has 0 aliphatic rings. The average Bonchev–Trinajstić information content (AvgIpc) is 2.50. The third-order valence-electron chi connectivity index (χ3n) is 3.26. The molecule has 0 unspecified atom stereocenters. The molecular weight excluding hydrogens is 297 g/mol. The Morgan fingerprint density at radius 3 is 2.48 bits per heavy atom. The van der Waals surface area contributed by atoms with Gasteiger partial charge in [-0.3, -0.25) is 4.79 Å². The zero-order valence-corrected chi connectivity index (χ0v) is 13.5. The van der Waals surface area contributed by atoms with Gasteiger partial charge in [0.15, 0.2) is 0 Å². The van der Waals surface area contributed by atoms with Crippen LogP contribution in [-0.2, 0) is 0 Å².